The Morgan fingerprint density at radius 2 is 1.47 bits per heavy atom. The van der Waals surface area contributed by atoms with Gasteiger partial charge >= 0.3 is 0 Å². The number of benzene rings is 4. The normalized spacial score (nSPS) is 26.0. The van der Waals surface area contributed by atoms with Crippen molar-refractivity contribution >= 4 is 39.9 Å². The van der Waals surface area contributed by atoms with Crippen LogP contribution in [0.2, 0.25) is 0 Å². The smallest absolute Gasteiger partial charge is 0.253 e. The molecule has 4 aromatic carbocycles. The Kier molecular flexibility index (Phi) is 8.47. The molecule has 3 saturated heterocycles. The first-order valence-corrected chi connectivity index (χ1v) is 16.8. The maximum Gasteiger partial charge on any atom is 0.253 e. The summed E-state index contributed by atoms with van der Waals surface area (Å²) in [6, 6.07) is 30.4. The highest BCUT2D eigenvalue weighted by Gasteiger charge is 2.79. The van der Waals surface area contributed by atoms with E-state index in [0.717, 1.165) is 10.8 Å². The van der Waals surface area contributed by atoms with E-state index in [1.54, 1.807) is 22.0 Å². The van der Waals surface area contributed by atoms with Crippen LogP contribution in [0, 0.1) is 11.8 Å². The van der Waals surface area contributed by atoms with Crippen LogP contribution in [-0.2, 0) is 19.1 Å². The lowest BCUT2D eigenvalue weighted by Gasteiger charge is -2.39. The number of amides is 3. The summed E-state index contributed by atoms with van der Waals surface area (Å²) in [5, 5.41) is 12.9. The second kappa shape index (κ2) is 12.8. The third kappa shape index (κ3) is 5.18. The summed E-state index contributed by atoms with van der Waals surface area (Å²) < 4.78 is 6.98. The van der Waals surface area contributed by atoms with E-state index in [-0.39, 0.29) is 30.8 Å². The predicted octanol–water partition coefficient (Wildman–Crippen LogP) is 6.08. The van der Waals surface area contributed by atoms with Crippen LogP contribution in [0.25, 0.3) is 10.8 Å². The summed E-state index contributed by atoms with van der Waals surface area (Å²) >= 11 is 0. The molecule has 1 N–H and O–H groups in total. The third-order valence-corrected chi connectivity index (χ3v) is 10.7. The van der Waals surface area contributed by atoms with E-state index in [1.807, 2.05) is 110 Å². The summed E-state index contributed by atoms with van der Waals surface area (Å²) in [7, 11) is 0. The van der Waals surface area contributed by atoms with E-state index in [0.29, 0.717) is 29.8 Å². The van der Waals surface area contributed by atoms with E-state index in [4.69, 9.17) is 4.74 Å². The molecule has 0 aromatic heterocycles. The highest BCUT2D eigenvalue weighted by atomic mass is 16.5. The van der Waals surface area contributed by atoms with Crippen LogP contribution in [0.15, 0.2) is 128 Å². The summed E-state index contributed by atoms with van der Waals surface area (Å²) in [5.74, 6) is -2.77. The first-order valence-electron chi connectivity index (χ1n) is 16.8. The topological polar surface area (TPSA) is 90.4 Å². The van der Waals surface area contributed by atoms with Gasteiger partial charge in [0.25, 0.3) is 5.91 Å². The van der Waals surface area contributed by atoms with Crippen molar-refractivity contribution in [3.63, 3.8) is 0 Å². The van der Waals surface area contributed by atoms with Crippen molar-refractivity contribution in [1.29, 1.82) is 0 Å². The lowest BCUT2D eigenvalue weighted by Crippen LogP contribution is -2.57. The Hall–Kier alpha value is -5.05. The van der Waals surface area contributed by atoms with Gasteiger partial charge in [-0.25, -0.2) is 0 Å². The Labute approximate surface area is 286 Å². The molecule has 49 heavy (non-hydrogen) atoms. The van der Waals surface area contributed by atoms with Crippen LogP contribution in [0.5, 0.6) is 0 Å². The van der Waals surface area contributed by atoms with Gasteiger partial charge in [-0.3, -0.25) is 14.4 Å². The van der Waals surface area contributed by atoms with Gasteiger partial charge in [0.15, 0.2) is 0 Å². The Balaban J connectivity index is 1.37. The van der Waals surface area contributed by atoms with E-state index in [9.17, 15) is 9.90 Å². The lowest BCUT2D eigenvalue weighted by atomic mass is 9.66. The Morgan fingerprint density at radius 1 is 0.857 bits per heavy atom. The molecule has 3 heterocycles. The number of aliphatic hydroxyl groups excluding tert-OH is 1. The van der Waals surface area contributed by atoms with Crippen LogP contribution in [0.3, 0.4) is 0 Å². The van der Waals surface area contributed by atoms with Gasteiger partial charge in [0.2, 0.25) is 11.8 Å². The quantitative estimate of drug-likeness (QED) is 0.198. The molecule has 0 aliphatic carbocycles. The predicted molar refractivity (Wildman–Crippen MR) is 191 cm³/mol. The largest absolute Gasteiger partial charge is 0.394 e. The highest BCUT2D eigenvalue weighted by Crippen LogP contribution is 2.64. The molecule has 3 fully saturated rings. The summed E-state index contributed by atoms with van der Waals surface area (Å²) in [4.78, 5) is 49.9. The van der Waals surface area contributed by atoms with Crippen molar-refractivity contribution in [3.05, 3.63) is 134 Å². The maximum atomic E-state index is 15.3. The first-order chi connectivity index (χ1) is 23.8. The number of rotatable bonds is 11. The van der Waals surface area contributed by atoms with E-state index in [1.165, 1.54) is 4.90 Å². The van der Waals surface area contributed by atoms with Crippen LogP contribution in [0.4, 0.5) is 11.4 Å². The number of hydrogen-bond donors (Lipinski definition) is 1. The van der Waals surface area contributed by atoms with Crippen molar-refractivity contribution < 1.29 is 24.2 Å². The van der Waals surface area contributed by atoms with Crippen LogP contribution in [0.1, 0.15) is 31.4 Å². The minimum Gasteiger partial charge on any atom is -0.394 e. The van der Waals surface area contributed by atoms with E-state index < -0.39 is 41.7 Å². The number of para-hydroxylation sites is 1. The average molecular weight is 656 g/mol. The number of hydrogen-bond acceptors (Lipinski definition) is 5. The molecule has 1 spiro atoms. The highest BCUT2D eigenvalue weighted by molar-refractivity contribution is 6.07. The molecule has 4 aromatic rings. The van der Waals surface area contributed by atoms with Gasteiger partial charge in [0.05, 0.1) is 30.1 Å². The minimum absolute atomic E-state index is 0.187. The zero-order valence-corrected chi connectivity index (χ0v) is 27.7. The van der Waals surface area contributed by atoms with E-state index >= 15 is 9.59 Å². The Morgan fingerprint density at radius 3 is 2.12 bits per heavy atom. The van der Waals surface area contributed by atoms with E-state index in [2.05, 4.69) is 13.2 Å². The standard InChI is InChI=1S/C41H41N3O5/c1-4-24-42(31-18-10-7-11-19-31)37(46)34-35-38(47)44(33(27-45)29-15-8-6-9-16-29)36(41(35)23-22-40(34,3)49-41)39(48)43(25-5-2)32-21-20-28-14-12-13-17-30(28)26-32/h4-21,26,33-36,45H,1-2,22-25,27H2,3H3/t33-,34-,35+,36?,40+,41?/m1/s1. The SMILES string of the molecule is C=CCN(C(=O)C1N([C@H](CO)c2ccccc2)C(=O)[C@@H]2[C@H](C(=O)N(CC=C)c3ccccc3)[C@]3(C)CCC12O3)c1ccc2ccccc2c1. The lowest BCUT2D eigenvalue weighted by molar-refractivity contribution is -0.148. The molecule has 3 aliphatic rings. The number of aliphatic hydroxyl groups is 1. The van der Waals surface area contributed by atoms with Crippen LogP contribution < -0.4 is 9.80 Å². The first kappa shape index (κ1) is 32.5. The maximum absolute atomic E-state index is 15.3. The van der Waals surface area contributed by atoms with Gasteiger partial charge in [-0.15, -0.1) is 13.2 Å². The summed E-state index contributed by atoms with van der Waals surface area (Å²) in [5.41, 5.74) is -0.241. The fraction of sp³-hybridized carbons (Fsp3) is 0.293. The molecular weight excluding hydrogens is 614 g/mol. The monoisotopic (exact) mass is 655 g/mol. The van der Waals surface area contributed by atoms with Crippen LogP contribution in [-0.4, -0.2) is 64.7 Å². The zero-order valence-electron chi connectivity index (χ0n) is 27.7. The molecule has 250 valence electrons. The number of ether oxygens (including phenoxy) is 1. The molecule has 3 aliphatic heterocycles. The molecule has 6 atom stereocenters. The summed E-state index contributed by atoms with van der Waals surface area (Å²) in [6.45, 7) is 9.75. The molecule has 8 nitrogen and oxygen atoms in total. The third-order valence-electron chi connectivity index (χ3n) is 10.7. The Bertz CT molecular complexity index is 1910. The number of carbonyl (C=O) groups excluding carboxylic acids is 3. The number of anilines is 2. The summed E-state index contributed by atoms with van der Waals surface area (Å²) in [6.07, 6.45) is 4.24. The van der Waals surface area contributed by atoms with Crippen molar-refractivity contribution in [2.75, 3.05) is 29.5 Å². The second-order valence-corrected chi connectivity index (χ2v) is 13.4. The zero-order chi connectivity index (χ0) is 34.3. The van der Waals surface area contributed by atoms with Gasteiger partial charge < -0.3 is 24.5 Å². The van der Waals surface area contributed by atoms with Gasteiger partial charge in [-0.2, -0.15) is 0 Å². The number of nitrogens with zero attached hydrogens (tertiary/aromatic N) is 3. The fourth-order valence-electron chi connectivity index (χ4n) is 8.56. The molecule has 0 radical (unpaired) electrons. The van der Waals surface area contributed by atoms with Crippen LogP contribution >= 0.6 is 0 Å². The van der Waals surface area contributed by atoms with Crippen molar-refractivity contribution in [2.45, 2.75) is 43.1 Å². The van der Waals surface area contributed by atoms with Gasteiger partial charge in [-0.1, -0.05) is 91.0 Å². The number of likely N-dealkylation sites (tertiary alicyclic amines) is 1. The number of carbonyl (C=O) groups is 3. The second-order valence-electron chi connectivity index (χ2n) is 13.4. The molecular formula is C41H41N3O5. The number of fused-ring (bicyclic) bond motifs is 2. The molecule has 2 unspecified atom stereocenters. The van der Waals surface area contributed by atoms with Gasteiger partial charge in [-0.05, 0) is 60.4 Å². The van der Waals surface area contributed by atoms with Gasteiger partial charge in [0.1, 0.15) is 11.6 Å². The fourth-order valence-corrected chi connectivity index (χ4v) is 8.56. The minimum atomic E-state index is -1.29. The molecule has 3 amide bonds. The van der Waals surface area contributed by atoms with Crippen molar-refractivity contribution in [3.8, 4) is 0 Å². The van der Waals surface area contributed by atoms with Crippen molar-refractivity contribution in [2.24, 2.45) is 11.8 Å². The molecule has 2 bridgehead atoms. The molecule has 0 saturated carbocycles. The average Bonchev–Trinajstić information content (AvgIpc) is 3.70. The van der Waals surface area contributed by atoms with Gasteiger partial charge in [0, 0.05) is 24.5 Å². The molecule has 7 rings (SSSR count). The van der Waals surface area contributed by atoms with Crippen molar-refractivity contribution in [1.82, 2.24) is 4.90 Å². The molecule has 8 heteroatoms.